The maximum Gasteiger partial charge on any atom is 0.124 e. The van der Waals surface area contributed by atoms with E-state index in [2.05, 4.69) is 40.0 Å². The quantitative estimate of drug-likeness (QED) is 0.905. The van der Waals surface area contributed by atoms with Crippen LogP contribution < -0.4 is 0 Å². The Labute approximate surface area is 113 Å². The van der Waals surface area contributed by atoms with Crippen LogP contribution in [-0.4, -0.2) is 10.1 Å². The number of benzene rings is 1. The molecule has 0 bridgehead atoms. The number of aromatic nitrogens is 1. The molecular weight excluding hydrogens is 298 g/mol. The molecule has 2 aromatic rings. The van der Waals surface area contributed by atoms with Crippen molar-refractivity contribution in [3.63, 3.8) is 0 Å². The summed E-state index contributed by atoms with van der Waals surface area (Å²) in [5.41, 5.74) is 2.33. The van der Waals surface area contributed by atoms with Crippen LogP contribution >= 0.6 is 27.3 Å². The largest absolute Gasteiger partial charge is 0.383 e. The first-order valence-corrected chi connectivity index (χ1v) is 7.00. The third kappa shape index (κ3) is 2.76. The van der Waals surface area contributed by atoms with Crippen molar-refractivity contribution in [1.29, 1.82) is 0 Å². The first-order valence-electron chi connectivity index (χ1n) is 5.33. The fraction of sp³-hybridized carbons (Fsp3) is 0.308. The third-order valence-electron chi connectivity index (χ3n) is 2.50. The molecular formula is C13H14BrNOS. The second-order valence-corrected chi connectivity index (χ2v) is 6.33. The number of rotatable bonds is 2. The standard InChI is InChI=1S/C13H14BrNOS/c1-8-4-5-9(14)6-10(8)11-7-17-12(15-11)13(2,3)16/h4-7,16H,1-3H3. The highest BCUT2D eigenvalue weighted by Gasteiger charge is 2.20. The van der Waals surface area contributed by atoms with E-state index in [4.69, 9.17) is 0 Å². The maximum absolute atomic E-state index is 9.91. The molecule has 4 heteroatoms. The molecule has 0 saturated carbocycles. The summed E-state index contributed by atoms with van der Waals surface area (Å²) in [5, 5.41) is 12.6. The van der Waals surface area contributed by atoms with Crippen LogP contribution in [0.4, 0.5) is 0 Å². The summed E-state index contributed by atoms with van der Waals surface area (Å²) in [4.78, 5) is 4.50. The molecule has 0 unspecified atom stereocenters. The van der Waals surface area contributed by atoms with E-state index in [9.17, 15) is 5.11 Å². The summed E-state index contributed by atoms with van der Waals surface area (Å²) < 4.78 is 1.04. The van der Waals surface area contributed by atoms with Gasteiger partial charge in [0.2, 0.25) is 0 Å². The zero-order valence-electron chi connectivity index (χ0n) is 9.99. The van der Waals surface area contributed by atoms with Crippen LogP contribution in [0.15, 0.2) is 28.1 Å². The van der Waals surface area contributed by atoms with Crippen molar-refractivity contribution in [3.8, 4) is 11.3 Å². The van der Waals surface area contributed by atoms with Gasteiger partial charge in [0.05, 0.1) is 5.69 Å². The Hall–Kier alpha value is -0.710. The highest BCUT2D eigenvalue weighted by molar-refractivity contribution is 9.10. The number of aliphatic hydroxyl groups is 1. The molecule has 0 aliphatic carbocycles. The zero-order chi connectivity index (χ0) is 12.6. The van der Waals surface area contributed by atoms with E-state index in [1.807, 2.05) is 11.4 Å². The van der Waals surface area contributed by atoms with Gasteiger partial charge in [-0.25, -0.2) is 4.98 Å². The van der Waals surface area contributed by atoms with Crippen molar-refractivity contribution in [3.05, 3.63) is 38.6 Å². The Kier molecular flexibility index (Phi) is 3.39. The molecule has 17 heavy (non-hydrogen) atoms. The SMILES string of the molecule is Cc1ccc(Br)cc1-c1csc(C(C)(C)O)n1. The van der Waals surface area contributed by atoms with Gasteiger partial charge in [0.1, 0.15) is 10.6 Å². The number of aryl methyl sites for hydroxylation is 1. The number of halogens is 1. The van der Waals surface area contributed by atoms with Crippen LogP contribution in [0.2, 0.25) is 0 Å². The minimum absolute atomic E-state index is 0.742. The predicted octanol–water partition coefficient (Wildman–Crippen LogP) is 4.11. The minimum Gasteiger partial charge on any atom is -0.383 e. The van der Waals surface area contributed by atoms with Gasteiger partial charge in [0.15, 0.2) is 0 Å². The molecule has 1 N–H and O–H groups in total. The summed E-state index contributed by atoms with van der Waals surface area (Å²) in [6, 6.07) is 6.13. The van der Waals surface area contributed by atoms with Crippen LogP contribution in [-0.2, 0) is 5.60 Å². The van der Waals surface area contributed by atoms with Gasteiger partial charge in [0.25, 0.3) is 0 Å². The monoisotopic (exact) mass is 311 g/mol. The average molecular weight is 312 g/mol. The summed E-state index contributed by atoms with van der Waals surface area (Å²) in [5.74, 6) is 0. The van der Waals surface area contributed by atoms with E-state index >= 15 is 0 Å². The topological polar surface area (TPSA) is 33.1 Å². The molecule has 0 fully saturated rings. The van der Waals surface area contributed by atoms with E-state index in [1.54, 1.807) is 13.8 Å². The molecule has 0 saturated heterocycles. The second-order valence-electron chi connectivity index (χ2n) is 4.56. The molecule has 0 atom stereocenters. The Bertz CT molecular complexity index is 543. The number of thiazole rings is 1. The van der Waals surface area contributed by atoms with Crippen molar-refractivity contribution in [2.24, 2.45) is 0 Å². The van der Waals surface area contributed by atoms with E-state index in [1.165, 1.54) is 16.9 Å². The fourth-order valence-electron chi connectivity index (χ4n) is 1.55. The summed E-state index contributed by atoms with van der Waals surface area (Å²) in [6.45, 7) is 5.57. The van der Waals surface area contributed by atoms with Crippen LogP contribution in [0.5, 0.6) is 0 Å². The molecule has 0 spiro atoms. The van der Waals surface area contributed by atoms with Gasteiger partial charge >= 0.3 is 0 Å². The molecule has 90 valence electrons. The summed E-state index contributed by atoms with van der Waals surface area (Å²) >= 11 is 4.96. The lowest BCUT2D eigenvalue weighted by Crippen LogP contribution is -2.14. The predicted molar refractivity (Wildman–Crippen MR) is 75.2 cm³/mol. The van der Waals surface area contributed by atoms with Gasteiger partial charge in [-0.3, -0.25) is 0 Å². The van der Waals surface area contributed by atoms with Gasteiger partial charge < -0.3 is 5.11 Å². The van der Waals surface area contributed by atoms with E-state index < -0.39 is 5.60 Å². The molecule has 0 radical (unpaired) electrons. The lowest BCUT2D eigenvalue weighted by molar-refractivity contribution is 0.0783. The van der Waals surface area contributed by atoms with E-state index in [-0.39, 0.29) is 0 Å². The molecule has 1 aromatic carbocycles. The highest BCUT2D eigenvalue weighted by atomic mass is 79.9. The van der Waals surface area contributed by atoms with E-state index in [0.29, 0.717) is 0 Å². The van der Waals surface area contributed by atoms with Gasteiger partial charge in [-0.15, -0.1) is 11.3 Å². The molecule has 2 nitrogen and oxygen atoms in total. The van der Waals surface area contributed by atoms with Gasteiger partial charge in [0, 0.05) is 15.4 Å². The zero-order valence-corrected chi connectivity index (χ0v) is 12.4. The molecule has 0 aliphatic heterocycles. The maximum atomic E-state index is 9.91. The molecule has 2 rings (SSSR count). The first-order chi connectivity index (χ1) is 7.88. The smallest absolute Gasteiger partial charge is 0.124 e. The lowest BCUT2D eigenvalue weighted by Gasteiger charge is -2.12. The minimum atomic E-state index is -0.872. The molecule has 0 aliphatic rings. The Balaban J connectivity index is 2.47. The Morgan fingerprint density at radius 3 is 2.65 bits per heavy atom. The van der Waals surface area contributed by atoms with Gasteiger partial charge in [-0.2, -0.15) is 0 Å². The third-order valence-corrected chi connectivity index (χ3v) is 4.15. The van der Waals surface area contributed by atoms with Crippen LogP contribution in [0.25, 0.3) is 11.3 Å². The normalized spacial score (nSPS) is 11.8. The first kappa shape index (κ1) is 12.7. The van der Waals surface area contributed by atoms with Crippen molar-refractivity contribution >= 4 is 27.3 Å². The van der Waals surface area contributed by atoms with Crippen molar-refractivity contribution in [2.45, 2.75) is 26.4 Å². The highest BCUT2D eigenvalue weighted by Crippen LogP contribution is 2.31. The number of hydrogen-bond acceptors (Lipinski definition) is 3. The van der Waals surface area contributed by atoms with Crippen molar-refractivity contribution in [1.82, 2.24) is 4.98 Å². The van der Waals surface area contributed by atoms with Crippen LogP contribution in [0.3, 0.4) is 0 Å². The number of hydrogen-bond donors (Lipinski definition) is 1. The van der Waals surface area contributed by atoms with Gasteiger partial charge in [-0.05, 0) is 38.5 Å². The lowest BCUT2D eigenvalue weighted by atomic mass is 10.1. The summed E-state index contributed by atoms with van der Waals surface area (Å²) in [6.07, 6.45) is 0. The second kappa shape index (κ2) is 4.52. The molecule has 0 amide bonds. The van der Waals surface area contributed by atoms with Crippen molar-refractivity contribution < 1.29 is 5.11 Å². The number of nitrogens with zero attached hydrogens (tertiary/aromatic N) is 1. The molecule has 1 aromatic heterocycles. The van der Waals surface area contributed by atoms with Gasteiger partial charge in [-0.1, -0.05) is 22.0 Å². The van der Waals surface area contributed by atoms with Crippen molar-refractivity contribution in [2.75, 3.05) is 0 Å². The average Bonchev–Trinajstić information content (AvgIpc) is 2.70. The Morgan fingerprint density at radius 1 is 1.35 bits per heavy atom. The van der Waals surface area contributed by atoms with Crippen LogP contribution in [0.1, 0.15) is 24.4 Å². The van der Waals surface area contributed by atoms with E-state index in [0.717, 1.165) is 20.7 Å². The van der Waals surface area contributed by atoms with Crippen LogP contribution in [0, 0.1) is 6.92 Å². The summed E-state index contributed by atoms with van der Waals surface area (Å²) in [7, 11) is 0. The Morgan fingerprint density at radius 2 is 2.06 bits per heavy atom. The fourth-order valence-corrected chi connectivity index (χ4v) is 2.75. The molecule has 1 heterocycles.